The van der Waals surface area contributed by atoms with Gasteiger partial charge in [0.1, 0.15) is 0 Å². The SMILES string of the molecule is CCCCC/C(OCC)=C(\OCC)OCOCCCC. The van der Waals surface area contributed by atoms with Crippen LogP contribution in [-0.2, 0) is 18.9 Å². The van der Waals surface area contributed by atoms with E-state index in [2.05, 4.69) is 13.8 Å². The molecule has 0 fully saturated rings. The van der Waals surface area contributed by atoms with E-state index in [-0.39, 0.29) is 6.79 Å². The second kappa shape index (κ2) is 14.5. The topological polar surface area (TPSA) is 36.9 Å². The molecule has 0 aliphatic heterocycles. The standard InChI is InChI=1S/C16H32O4/c1-5-9-11-12-15(18-7-3)16(19-8-4)20-14-17-13-10-6-2/h5-14H2,1-4H3/b16-15-. The van der Waals surface area contributed by atoms with Crippen molar-refractivity contribution in [2.75, 3.05) is 26.6 Å². The van der Waals surface area contributed by atoms with Gasteiger partial charge < -0.3 is 18.9 Å². The molecule has 0 amide bonds. The molecule has 0 saturated carbocycles. The fraction of sp³-hybridized carbons (Fsp3) is 0.875. The predicted octanol–water partition coefficient (Wildman–Crippen LogP) is 4.60. The Hall–Kier alpha value is -0.900. The van der Waals surface area contributed by atoms with Gasteiger partial charge in [-0.1, -0.05) is 33.1 Å². The first-order chi connectivity index (χ1) is 9.79. The van der Waals surface area contributed by atoms with Gasteiger partial charge in [0.15, 0.2) is 12.6 Å². The van der Waals surface area contributed by atoms with Crippen LogP contribution in [0.3, 0.4) is 0 Å². The van der Waals surface area contributed by atoms with Crippen LogP contribution in [-0.4, -0.2) is 26.6 Å². The van der Waals surface area contributed by atoms with Gasteiger partial charge in [0, 0.05) is 6.42 Å². The van der Waals surface area contributed by atoms with Crippen LogP contribution >= 0.6 is 0 Å². The molecule has 0 spiro atoms. The first kappa shape index (κ1) is 19.1. The highest BCUT2D eigenvalue weighted by Crippen LogP contribution is 2.17. The number of hydrogen-bond donors (Lipinski definition) is 0. The molecule has 0 aromatic heterocycles. The second-order valence-corrected chi connectivity index (χ2v) is 4.56. The molecule has 120 valence electrons. The summed E-state index contributed by atoms with van der Waals surface area (Å²) in [5, 5.41) is 0. The molecule has 0 N–H and O–H groups in total. The summed E-state index contributed by atoms with van der Waals surface area (Å²) in [6.45, 7) is 10.4. The van der Waals surface area contributed by atoms with Crippen LogP contribution in [0.4, 0.5) is 0 Å². The number of ether oxygens (including phenoxy) is 4. The van der Waals surface area contributed by atoms with E-state index in [0.717, 1.165) is 38.0 Å². The fourth-order valence-electron chi connectivity index (χ4n) is 1.68. The van der Waals surface area contributed by atoms with Gasteiger partial charge in [-0.15, -0.1) is 0 Å². The Labute approximate surface area is 124 Å². The number of unbranched alkanes of at least 4 members (excludes halogenated alkanes) is 3. The fourth-order valence-corrected chi connectivity index (χ4v) is 1.68. The minimum atomic E-state index is 0.222. The third kappa shape index (κ3) is 9.96. The van der Waals surface area contributed by atoms with E-state index in [9.17, 15) is 0 Å². The zero-order valence-corrected chi connectivity index (χ0v) is 13.7. The highest BCUT2D eigenvalue weighted by molar-refractivity contribution is 4.95. The van der Waals surface area contributed by atoms with Crippen LogP contribution in [0.1, 0.15) is 66.2 Å². The van der Waals surface area contributed by atoms with Crippen LogP contribution in [0.5, 0.6) is 0 Å². The maximum atomic E-state index is 5.66. The van der Waals surface area contributed by atoms with Crippen molar-refractivity contribution in [3.05, 3.63) is 11.7 Å². The van der Waals surface area contributed by atoms with Crippen LogP contribution in [0.25, 0.3) is 0 Å². The minimum absolute atomic E-state index is 0.222. The maximum absolute atomic E-state index is 5.66. The summed E-state index contributed by atoms with van der Waals surface area (Å²) < 4.78 is 22.2. The Kier molecular flexibility index (Phi) is 13.9. The van der Waals surface area contributed by atoms with Crippen molar-refractivity contribution in [1.29, 1.82) is 0 Å². The average Bonchev–Trinajstić information content (AvgIpc) is 2.45. The van der Waals surface area contributed by atoms with Crippen molar-refractivity contribution in [3.8, 4) is 0 Å². The van der Waals surface area contributed by atoms with Crippen molar-refractivity contribution >= 4 is 0 Å². The Balaban J connectivity index is 4.35. The first-order valence-corrected chi connectivity index (χ1v) is 7.99. The summed E-state index contributed by atoms with van der Waals surface area (Å²) in [4.78, 5) is 0. The van der Waals surface area contributed by atoms with Crippen LogP contribution in [0.2, 0.25) is 0 Å². The molecular weight excluding hydrogens is 256 g/mol. The third-order valence-corrected chi connectivity index (χ3v) is 2.74. The molecule has 0 radical (unpaired) electrons. The van der Waals surface area contributed by atoms with E-state index in [1.54, 1.807) is 0 Å². The lowest BCUT2D eigenvalue weighted by Gasteiger charge is -2.16. The van der Waals surface area contributed by atoms with Crippen LogP contribution in [0.15, 0.2) is 11.7 Å². The molecule has 0 aromatic carbocycles. The van der Waals surface area contributed by atoms with Crippen molar-refractivity contribution in [1.82, 2.24) is 0 Å². The van der Waals surface area contributed by atoms with Gasteiger partial charge >= 0.3 is 5.95 Å². The second-order valence-electron chi connectivity index (χ2n) is 4.56. The number of hydrogen-bond acceptors (Lipinski definition) is 4. The molecule has 0 rings (SSSR count). The average molecular weight is 288 g/mol. The molecule has 4 heteroatoms. The Morgan fingerprint density at radius 2 is 1.45 bits per heavy atom. The molecule has 0 heterocycles. The van der Waals surface area contributed by atoms with Crippen molar-refractivity contribution < 1.29 is 18.9 Å². The maximum Gasteiger partial charge on any atom is 0.321 e. The third-order valence-electron chi connectivity index (χ3n) is 2.74. The van der Waals surface area contributed by atoms with Crippen molar-refractivity contribution in [2.45, 2.75) is 66.2 Å². The quantitative estimate of drug-likeness (QED) is 0.266. The lowest BCUT2D eigenvalue weighted by molar-refractivity contribution is -0.0821. The molecule has 0 atom stereocenters. The molecular formula is C16H32O4. The van der Waals surface area contributed by atoms with Crippen LogP contribution in [0, 0.1) is 0 Å². The summed E-state index contributed by atoms with van der Waals surface area (Å²) in [6, 6.07) is 0. The van der Waals surface area contributed by atoms with Gasteiger partial charge in [-0.25, -0.2) is 0 Å². The highest BCUT2D eigenvalue weighted by atomic mass is 16.7. The van der Waals surface area contributed by atoms with E-state index in [0.29, 0.717) is 19.2 Å². The van der Waals surface area contributed by atoms with Crippen LogP contribution < -0.4 is 0 Å². The van der Waals surface area contributed by atoms with E-state index in [1.807, 2.05) is 13.8 Å². The summed E-state index contributed by atoms with van der Waals surface area (Å²) in [7, 11) is 0. The zero-order valence-electron chi connectivity index (χ0n) is 13.7. The van der Waals surface area contributed by atoms with E-state index in [4.69, 9.17) is 18.9 Å². The van der Waals surface area contributed by atoms with Gasteiger partial charge in [-0.2, -0.15) is 0 Å². The molecule has 0 bridgehead atoms. The molecule has 0 unspecified atom stereocenters. The number of allylic oxidation sites excluding steroid dienone is 1. The normalized spacial score (nSPS) is 12.0. The largest absolute Gasteiger partial charge is 0.491 e. The molecule has 0 aromatic rings. The van der Waals surface area contributed by atoms with E-state index >= 15 is 0 Å². The van der Waals surface area contributed by atoms with Gasteiger partial charge in [0.2, 0.25) is 0 Å². The smallest absolute Gasteiger partial charge is 0.321 e. The summed E-state index contributed by atoms with van der Waals surface area (Å²) in [5.74, 6) is 1.30. The Morgan fingerprint density at radius 3 is 2.05 bits per heavy atom. The molecule has 20 heavy (non-hydrogen) atoms. The van der Waals surface area contributed by atoms with Gasteiger partial charge in [0.05, 0.1) is 19.8 Å². The lowest BCUT2D eigenvalue weighted by Crippen LogP contribution is -2.09. The molecule has 0 aliphatic rings. The van der Waals surface area contributed by atoms with Crippen molar-refractivity contribution in [2.24, 2.45) is 0 Å². The molecule has 0 saturated heterocycles. The van der Waals surface area contributed by atoms with Gasteiger partial charge in [-0.3, -0.25) is 0 Å². The van der Waals surface area contributed by atoms with Crippen molar-refractivity contribution in [3.63, 3.8) is 0 Å². The van der Waals surface area contributed by atoms with E-state index in [1.165, 1.54) is 12.8 Å². The summed E-state index contributed by atoms with van der Waals surface area (Å²) in [6.07, 6.45) is 6.48. The zero-order chi connectivity index (χ0) is 15.1. The minimum Gasteiger partial charge on any atom is -0.491 e. The lowest BCUT2D eigenvalue weighted by atomic mass is 10.2. The summed E-state index contributed by atoms with van der Waals surface area (Å²) >= 11 is 0. The Morgan fingerprint density at radius 1 is 0.750 bits per heavy atom. The predicted molar refractivity (Wildman–Crippen MR) is 81.2 cm³/mol. The Bertz CT molecular complexity index is 239. The molecule has 0 aliphatic carbocycles. The molecule has 4 nitrogen and oxygen atoms in total. The highest BCUT2D eigenvalue weighted by Gasteiger charge is 2.11. The van der Waals surface area contributed by atoms with E-state index < -0.39 is 0 Å². The number of rotatable bonds is 14. The van der Waals surface area contributed by atoms with Gasteiger partial charge in [-0.05, 0) is 26.7 Å². The van der Waals surface area contributed by atoms with Gasteiger partial charge in [0.25, 0.3) is 0 Å². The first-order valence-electron chi connectivity index (χ1n) is 7.99. The monoisotopic (exact) mass is 288 g/mol. The summed E-state index contributed by atoms with van der Waals surface area (Å²) in [5.41, 5.74) is 0.